The molecule has 1 atom stereocenters. The van der Waals surface area contributed by atoms with Crippen LogP contribution in [0.25, 0.3) is 0 Å². The Balaban J connectivity index is 2.14. The topological polar surface area (TPSA) is 30.0 Å². The van der Waals surface area contributed by atoms with E-state index in [0.29, 0.717) is 18.6 Å². The standard InChI is InChI=1S/C11H12FNO/c12-9-4-5-11(13-7-9)8-2-1-3-10(14)6-8/h4-5,7-8H,1-3,6H2. The molecule has 0 bridgehead atoms. The van der Waals surface area contributed by atoms with Crippen LogP contribution in [-0.4, -0.2) is 10.8 Å². The first-order chi connectivity index (χ1) is 6.75. The van der Waals surface area contributed by atoms with Gasteiger partial charge < -0.3 is 0 Å². The highest BCUT2D eigenvalue weighted by molar-refractivity contribution is 5.79. The number of nitrogens with zero attached hydrogens (tertiary/aromatic N) is 1. The summed E-state index contributed by atoms with van der Waals surface area (Å²) in [6.45, 7) is 0. The summed E-state index contributed by atoms with van der Waals surface area (Å²) in [6, 6.07) is 3.08. The molecule has 14 heavy (non-hydrogen) atoms. The van der Waals surface area contributed by atoms with E-state index in [4.69, 9.17) is 0 Å². The highest BCUT2D eigenvalue weighted by atomic mass is 19.1. The summed E-state index contributed by atoms with van der Waals surface area (Å²) in [5.74, 6) is 0.181. The molecule has 0 aliphatic heterocycles. The van der Waals surface area contributed by atoms with Gasteiger partial charge in [-0.05, 0) is 25.0 Å². The molecule has 2 rings (SSSR count). The number of Topliss-reactive ketones (excluding diaryl/α,β-unsaturated/α-hetero) is 1. The second-order valence-electron chi connectivity index (χ2n) is 3.73. The van der Waals surface area contributed by atoms with Crippen LogP contribution in [0.5, 0.6) is 0 Å². The lowest BCUT2D eigenvalue weighted by atomic mass is 9.86. The Labute approximate surface area is 82.2 Å². The van der Waals surface area contributed by atoms with E-state index in [1.54, 1.807) is 6.07 Å². The van der Waals surface area contributed by atoms with E-state index in [1.807, 2.05) is 0 Å². The van der Waals surface area contributed by atoms with Crippen molar-refractivity contribution in [2.45, 2.75) is 31.6 Å². The number of aromatic nitrogens is 1. The quantitative estimate of drug-likeness (QED) is 0.685. The second-order valence-corrected chi connectivity index (χ2v) is 3.73. The molecule has 3 heteroatoms. The van der Waals surface area contributed by atoms with Crippen molar-refractivity contribution < 1.29 is 9.18 Å². The average molecular weight is 193 g/mol. The smallest absolute Gasteiger partial charge is 0.141 e. The minimum Gasteiger partial charge on any atom is -0.300 e. The molecule has 1 aliphatic rings. The molecule has 0 radical (unpaired) electrons. The summed E-state index contributed by atoms with van der Waals surface area (Å²) in [5, 5.41) is 0. The molecule has 2 nitrogen and oxygen atoms in total. The largest absolute Gasteiger partial charge is 0.300 e. The minimum absolute atomic E-state index is 0.205. The van der Waals surface area contributed by atoms with Crippen LogP contribution < -0.4 is 0 Å². The first-order valence-corrected chi connectivity index (χ1v) is 4.89. The number of rotatable bonds is 1. The van der Waals surface area contributed by atoms with E-state index in [9.17, 15) is 9.18 Å². The third kappa shape index (κ3) is 1.97. The second kappa shape index (κ2) is 3.86. The van der Waals surface area contributed by atoms with E-state index in [-0.39, 0.29) is 11.7 Å². The minimum atomic E-state index is -0.323. The summed E-state index contributed by atoms with van der Waals surface area (Å²) in [7, 11) is 0. The molecule has 1 aromatic heterocycles. The van der Waals surface area contributed by atoms with Gasteiger partial charge in [0.05, 0.1) is 6.20 Å². The lowest BCUT2D eigenvalue weighted by molar-refractivity contribution is -0.120. The summed E-state index contributed by atoms with van der Waals surface area (Å²) < 4.78 is 12.6. The summed E-state index contributed by atoms with van der Waals surface area (Å²) in [4.78, 5) is 15.2. The van der Waals surface area contributed by atoms with Crippen molar-refractivity contribution in [3.05, 3.63) is 29.8 Å². The van der Waals surface area contributed by atoms with Crippen molar-refractivity contribution in [3.63, 3.8) is 0 Å². The fourth-order valence-corrected chi connectivity index (χ4v) is 1.91. The molecule has 1 heterocycles. The zero-order valence-corrected chi connectivity index (χ0v) is 7.87. The number of halogens is 1. The third-order valence-corrected chi connectivity index (χ3v) is 2.65. The highest BCUT2D eigenvalue weighted by Gasteiger charge is 2.21. The van der Waals surface area contributed by atoms with Gasteiger partial charge in [-0.2, -0.15) is 0 Å². The summed E-state index contributed by atoms with van der Waals surface area (Å²) in [6.07, 6.45) is 4.40. The Morgan fingerprint density at radius 1 is 1.43 bits per heavy atom. The number of hydrogen-bond donors (Lipinski definition) is 0. The maximum absolute atomic E-state index is 12.6. The van der Waals surface area contributed by atoms with Crippen LogP contribution in [0.4, 0.5) is 4.39 Å². The number of pyridine rings is 1. The first-order valence-electron chi connectivity index (χ1n) is 4.89. The number of hydrogen-bond acceptors (Lipinski definition) is 2. The van der Waals surface area contributed by atoms with Gasteiger partial charge in [0.25, 0.3) is 0 Å². The van der Waals surface area contributed by atoms with Crippen LogP contribution in [-0.2, 0) is 4.79 Å². The fraction of sp³-hybridized carbons (Fsp3) is 0.455. The molecule has 0 amide bonds. The first kappa shape index (κ1) is 9.31. The van der Waals surface area contributed by atoms with Gasteiger partial charge in [-0.15, -0.1) is 0 Å². The normalized spacial score (nSPS) is 22.4. The number of ketones is 1. The highest BCUT2D eigenvalue weighted by Crippen LogP contribution is 2.29. The van der Waals surface area contributed by atoms with Crippen molar-refractivity contribution in [2.75, 3.05) is 0 Å². The van der Waals surface area contributed by atoms with Crippen molar-refractivity contribution in [1.29, 1.82) is 0 Å². The van der Waals surface area contributed by atoms with Crippen LogP contribution >= 0.6 is 0 Å². The van der Waals surface area contributed by atoms with Crippen LogP contribution in [0.3, 0.4) is 0 Å². The van der Waals surface area contributed by atoms with E-state index in [2.05, 4.69) is 4.98 Å². The molecule has 1 aromatic rings. The van der Waals surface area contributed by atoms with Gasteiger partial charge in [-0.1, -0.05) is 0 Å². The lowest BCUT2D eigenvalue weighted by Gasteiger charge is -2.19. The molecular weight excluding hydrogens is 181 g/mol. The Kier molecular flexibility index (Phi) is 2.57. The summed E-state index contributed by atoms with van der Waals surface area (Å²) >= 11 is 0. The Bertz CT molecular complexity index is 334. The zero-order valence-electron chi connectivity index (χ0n) is 7.87. The fourth-order valence-electron chi connectivity index (χ4n) is 1.91. The molecule has 1 saturated carbocycles. The Morgan fingerprint density at radius 2 is 2.29 bits per heavy atom. The molecule has 0 saturated heterocycles. The van der Waals surface area contributed by atoms with Gasteiger partial charge >= 0.3 is 0 Å². The van der Waals surface area contributed by atoms with Gasteiger partial charge in [0.15, 0.2) is 0 Å². The number of carbonyl (C=O) groups is 1. The van der Waals surface area contributed by atoms with Gasteiger partial charge in [0.2, 0.25) is 0 Å². The molecule has 1 unspecified atom stereocenters. The van der Waals surface area contributed by atoms with Crippen LogP contribution in [0.2, 0.25) is 0 Å². The summed E-state index contributed by atoms with van der Waals surface area (Å²) in [5.41, 5.74) is 0.847. The monoisotopic (exact) mass is 193 g/mol. The molecule has 0 spiro atoms. The van der Waals surface area contributed by atoms with E-state index in [1.165, 1.54) is 12.3 Å². The van der Waals surface area contributed by atoms with Gasteiger partial charge in [-0.3, -0.25) is 9.78 Å². The van der Waals surface area contributed by atoms with Crippen molar-refractivity contribution in [2.24, 2.45) is 0 Å². The lowest BCUT2D eigenvalue weighted by Crippen LogP contribution is -2.14. The average Bonchev–Trinajstić information content (AvgIpc) is 2.19. The van der Waals surface area contributed by atoms with Crippen molar-refractivity contribution in [1.82, 2.24) is 4.98 Å². The predicted molar refractivity (Wildman–Crippen MR) is 50.4 cm³/mol. The molecule has 74 valence electrons. The van der Waals surface area contributed by atoms with Crippen molar-refractivity contribution >= 4 is 5.78 Å². The Hall–Kier alpha value is -1.25. The number of carbonyl (C=O) groups excluding carboxylic acids is 1. The van der Waals surface area contributed by atoms with Crippen molar-refractivity contribution in [3.8, 4) is 0 Å². The molecule has 1 fully saturated rings. The molecule has 0 aromatic carbocycles. The van der Waals surface area contributed by atoms with E-state index >= 15 is 0 Å². The maximum Gasteiger partial charge on any atom is 0.141 e. The zero-order chi connectivity index (χ0) is 9.97. The maximum atomic E-state index is 12.6. The SMILES string of the molecule is O=C1CCCC(c2ccc(F)cn2)C1. The van der Waals surface area contributed by atoms with E-state index < -0.39 is 0 Å². The molecule has 1 aliphatic carbocycles. The third-order valence-electron chi connectivity index (χ3n) is 2.65. The van der Waals surface area contributed by atoms with Crippen LogP contribution in [0.1, 0.15) is 37.3 Å². The van der Waals surface area contributed by atoms with E-state index in [0.717, 1.165) is 18.5 Å². The van der Waals surface area contributed by atoms with Gasteiger partial charge in [0.1, 0.15) is 11.6 Å². The molecule has 0 N–H and O–H groups in total. The van der Waals surface area contributed by atoms with Gasteiger partial charge in [-0.25, -0.2) is 4.39 Å². The predicted octanol–water partition coefficient (Wildman–Crippen LogP) is 2.45. The van der Waals surface area contributed by atoms with Crippen LogP contribution in [0.15, 0.2) is 18.3 Å². The van der Waals surface area contributed by atoms with Crippen LogP contribution in [0, 0.1) is 5.82 Å². The Morgan fingerprint density at radius 3 is 2.93 bits per heavy atom. The molecular formula is C11H12FNO. The van der Waals surface area contributed by atoms with Gasteiger partial charge in [0, 0.05) is 24.5 Å².